The van der Waals surface area contributed by atoms with E-state index in [2.05, 4.69) is 10.2 Å². The highest BCUT2D eigenvalue weighted by atomic mass is 35.5. The van der Waals surface area contributed by atoms with Gasteiger partial charge in [-0.15, -0.1) is 10.2 Å². The molecule has 3 rings (SSSR count). The second-order valence-electron chi connectivity index (χ2n) is 4.57. The summed E-state index contributed by atoms with van der Waals surface area (Å²) < 4.78 is 18.3. The molecule has 116 valence electrons. The average Bonchev–Trinajstić information content (AvgIpc) is 3.02. The van der Waals surface area contributed by atoms with Crippen LogP contribution in [-0.2, 0) is 0 Å². The Kier molecular flexibility index (Phi) is 4.73. The summed E-state index contributed by atoms with van der Waals surface area (Å²) in [5.74, 6) is -0.106. The number of benzene rings is 2. The van der Waals surface area contributed by atoms with Crippen LogP contribution in [0.5, 0.6) is 0 Å². The summed E-state index contributed by atoms with van der Waals surface area (Å²) >= 11 is 7.19. The standard InChI is InChI=1S/C16H10ClFN2O2S/c17-13-4-2-1-3-12(13)15-19-20-16(22-15)23-9-14(21)10-5-7-11(18)8-6-10/h1-8H,9H2. The Bertz CT molecular complexity index is 836. The number of hydrogen-bond donors (Lipinski definition) is 0. The van der Waals surface area contributed by atoms with Gasteiger partial charge in [0.15, 0.2) is 5.78 Å². The van der Waals surface area contributed by atoms with Gasteiger partial charge in [-0.05, 0) is 36.4 Å². The van der Waals surface area contributed by atoms with E-state index in [1.807, 2.05) is 6.07 Å². The SMILES string of the molecule is O=C(CSc1nnc(-c2ccccc2Cl)o1)c1ccc(F)cc1. The summed E-state index contributed by atoms with van der Waals surface area (Å²) in [5.41, 5.74) is 1.07. The van der Waals surface area contributed by atoms with E-state index in [1.54, 1.807) is 18.2 Å². The molecule has 0 N–H and O–H groups in total. The Balaban J connectivity index is 1.67. The lowest BCUT2D eigenvalue weighted by Gasteiger charge is -1.99. The summed E-state index contributed by atoms with van der Waals surface area (Å²) in [5, 5.41) is 8.60. The molecule has 0 aliphatic heterocycles. The molecule has 0 amide bonds. The zero-order valence-electron chi connectivity index (χ0n) is 11.7. The van der Waals surface area contributed by atoms with E-state index >= 15 is 0 Å². The van der Waals surface area contributed by atoms with E-state index in [0.717, 1.165) is 11.8 Å². The Morgan fingerprint density at radius 2 is 1.87 bits per heavy atom. The maximum absolute atomic E-state index is 12.8. The smallest absolute Gasteiger partial charge is 0.277 e. The highest BCUT2D eigenvalue weighted by Gasteiger charge is 2.14. The zero-order valence-corrected chi connectivity index (χ0v) is 13.3. The number of Topliss-reactive ketones (excluding diaryl/α,β-unsaturated/α-hetero) is 1. The van der Waals surface area contributed by atoms with Crippen molar-refractivity contribution in [1.29, 1.82) is 0 Å². The highest BCUT2D eigenvalue weighted by molar-refractivity contribution is 7.99. The number of rotatable bonds is 5. The van der Waals surface area contributed by atoms with Crippen LogP contribution in [0.4, 0.5) is 4.39 Å². The van der Waals surface area contributed by atoms with Gasteiger partial charge in [-0.1, -0.05) is 35.5 Å². The lowest BCUT2D eigenvalue weighted by atomic mass is 10.1. The predicted octanol–water partition coefficient (Wildman–Crippen LogP) is 4.50. The number of aromatic nitrogens is 2. The molecule has 0 aliphatic rings. The van der Waals surface area contributed by atoms with Crippen molar-refractivity contribution < 1.29 is 13.6 Å². The van der Waals surface area contributed by atoms with E-state index in [9.17, 15) is 9.18 Å². The quantitative estimate of drug-likeness (QED) is 0.501. The average molecular weight is 349 g/mol. The van der Waals surface area contributed by atoms with E-state index in [0.29, 0.717) is 22.0 Å². The Labute approximate surface area is 140 Å². The molecule has 0 atom stereocenters. The van der Waals surface area contributed by atoms with Gasteiger partial charge in [0.1, 0.15) is 5.82 Å². The van der Waals surface area contributed by atoms with Gasteiger partial charge in [0.05, 0.1) is 16.3 Å². The molecule has 4 nitrogen and oxygen atoms in total. The van der Waals surface area contributed by atoms with Crippen molar-refractivity contribution >= 4 is 29.1 Å². The van der Waals surface area contributed by atoms with Crippen molar-refractivity contribution in [3.05, 3.63) is 64.9 Å². The number of hydrogen-bond acceptors (Lipinski definition) is 5. The van der Waals surface area contributed by atoms with Crippen LogP contribution < -0.4 is 0 Å². The monoisotopic (exact) mass is 348 g/mol. The lowest BCUT2D eigenvalue weighted by Crippen LogP contribution is -2.02. The summed E-state index contributed by atoms with van der Waals surface area (Å²) in [6, 6.07) is 12.5. The molecular formula is C16H10ClFN2O2S. The van der Waals surface area contributed by atoms with Crippen LogP contribution >= 0.6 is 23.4 Å². The van der Waals surface area contributed by atoms with Crippen LogP contribution in [0.3, 0.4) is 0 Å². The first-order chi connectivity index (χ1) is 11.1. The van der Waals surface area contributed by atoms with Gasteiger partial charge in [-0.3, -0.25) is 4.79 Å². The van der Waals surface area contributed by atoms with Crippen LogP contribution in [0.15, 0.2) is 58.2 Å². The van der Waals surface area contributed by atoms with Gasteiger partial charge in [0.25, 0.3) is 5.22 Å². The molecule has 1 aromatic heterocycles. The second-order valence-corrected chi connectivity index (χ2v) is 5.91. The molecule has 0 unspecified atom stereocenters. The molecule has 0 aliphatic carbocycles. The molecule has 0 saturated carbocycles. The number of ketones is 1. The fourth-order valence-electron chi connectivity index (χ4n) is 1.86. The number of halogens is 2. The predicted molar refractivity (Wildman–Crippen MR) is 86.2 cm³/mol. The normalized spacial score (nSPS) is 10.7. The van der Waals surface area contributed by atoms with Crippen molar-refractivity contribution in [3.8, 4) is 11.5 Å². The topological polar surface area (TPSA) is 56.0 Å². The fourth-order valence-corrected chi connectivity index (χ4v) is 2.73. The molecule has 3 aromatic rings. The van der Waals surface area contributed by atoms with E-state index in [4.69, 9.17) is 16.0 Å². The highest BCUT2D eigenvalue weighted by Crippen LogP contribution is 2.28. The second kappa shape index (κ2) is 6.93. The third-order valence-electron chi connectivity index (χ3n) is 3.00. The van der Waals surface area contributed by atoms with Crippen molar-refractivity contribution in [2.45, 2.75) is 5.22 Å². The van der Waals surface area contributed by atoms with Crippen LogP contribution in [0.1, 0.15) is 10.4 Å². The molecular weight excluding hydrogens is 339 g/mol. The third-order valence-corrected chi connectivity index (χ3v) is 4.15. The summed E-state index contributed by atoms with van der Waals surface area (Å²) in [4.78, 5) is 12.0. The number of nitrogens with zero attached hydrogens (tertiary/aromatic N) is 2. The fraction of sp³-hybridized carbons (Fsp3) is 0.0625. The van der Waals surface area contributed by atoms with E-state index in [-0.39, 0.29) is 22.6 Å². The molecule has 0 bridgehead atoms. The van der Waals surface area contributed by atoms with Gasteiger partial charge in [-0.25, -0.2) is 4.39 Å². The minimum Gasteiger partial charge on any atom is -0.411 e. The molecule has 1 heterocycles. The molecule has 0 fully saturated rings. The Morgan fingerprint density at radius 1 is 1.13 bits per heavy atom. The van der Waals surface area contributed by atoms with Crippen molar-refractivity contribution in [2.24, 2.45) is 0 Å². The number of thioether (sulfide) groups is 1. The van der Waals surface area contributed by atoms with Gasteiger partial charge >= 0.3 is 0 Å². The molecule has 0 spiro atoms. The molecule has 0 radical (unpaired) electrons. The first kappa shape index (κ1) is 15.7. The molecule has 2 aromatic carbocycles. The van der Waals surface area contributed by atoms with Crippen molar-refractivity contribution in [1.82, 2.24) is 10.2 Å². The maximum Gasteiger partial charge on any atom is 0.277 e. The minimum atomic E-state index is -0.379. The summed E-state index contributed by atoms with van der Waals surface area (Å²) in [6.45, 7) is 0. The van der Waals surface area contributed by atoms with E-state index < -0.39 is 0 Å². The molecule has 7 heteroatoms. The summed E-state index contributed by atoms with van der Waals surface area (Å²) in [6.07, 6.45) is 0. The van der Waals surface area contributed by atoms with Gasteiger partial charge in [0, 0.05) is 5.56 Å². The number of carbonyl (C=O) groups is 1. The third kappa shape index (κ3) is 3.78. The zero-order chi connectivity index (χ0) is 16.2. The van der Waals surface area contributed by atoms with Gasteiger partial charge < -0.3 is 4.42 Å². The molecule has 23 heavy (non-hydrogen) atoms. The first-order valence-corrected chi connectivity index (χ1v) is 8.00. The minimum absolute atomic E-state index is 0.121. The van der Waals surface area contributed by atoms with Gasteiger partial charge in [-0.2, -0.15) is 0 Å². The van der Waals surface area contributed by atoms with Crippen LogP contribution in [-0.4, -0.2) is 21.7 Å². The Morgan fingerprint density at radius 3 is 2.61 bits per heavy atom. The first-order valence-electron chi connectivity index (χ1n) is 6.63. The number of carbonyl (C=O) groups excluding carboxylic acids is 1. The van der Waals surface area contributed by atoms with Crippen LogP contribution in [0.2, 0.25) is 5.02 Å². The summed E-state index contributed by atoms with van der Waals surface area (Å²) in [7, 11) is 0. The molecule has 0 saturated heterocycles. The van der Waals surface area contributed by atoms with Gasteiger partial charge in [0.2, 0.25) is 5.89 Å². The van der Waals surface area contributed by atoms with Crippen molar-refractivity contribution in [2.75, 3.05) is 5.75 Å². The van der Waals surface area contributed by atoms with Crippen LogP contribution in [0, 0.1) is 5.82 Å². The lowest BCUT2D eigenvalue weighted by molar-refractivity contribution is 0.102. The largest absolute Gasteiger partial charge is 0.411 e. The Hall–Kier alpha value is -2.18. The maximum atomic E-state index is 12.8. The van der Waals surface area contributed by atoms with Crippen molar-refractivity contribution in [3.63, 3.8) is 0 Å². The van der Waals surface area contributed by atoms with Crippen LogP contribution in [0.25, 0.3) is 11.5 Å². The van der Waals surface area contributed by atoms with E-state index in [1.165, 1.54) is 24.3 Å².